The lowest BCUT2D eigenvalue weighted by atomic mass is 9.48. The second-order valence-corrected chi connectivity index (χ2v) is 13.1. The molecule has 1 heterocycles. The minimum absolute atomic E-state index is 0.123. The van der Waals surface area contributed by atoms with E-state index < -0.39 is 44.5 Å². The number of esters is 1. The largest absolute Gasteiger partial charge is 0.746 e. The predicted molar refractivity (Wildman–Crippen MR) is 126 cm³/mol. The van der Waals surface area contributed by atoms with Gasteiger partial charge in [-0.05, 0) is 86.9 Å². The zero-order valence-corrected chi connectivity index (χ0v) is 21.8. The molecule has 0 bridgehead atoms. The maximum atomic E-state index is 12.9. The van der Waals surface area contributed by atoms with Gasteiger partial charge in [0, 0.05) is 5.57 Å². The minimum atomic E-state index is -4.88. The highest BCUT2D eigenvalue weighted by atomic mass is 31.2. The van der Waals surface area contributed by atoms with Crippen LogP contribution in [0.1, 0.15) is 78.6 Å². The number of ether oxygens (including phenoxy) is 1. The summed E-state index contributed by atoms with van der Waals surface area (Å²) in [5.74, 6) is 0.104. The molecule has 1 aliphatic heterocycles. The number of aliphatic hydroxyl groups is 2. The molecule has 0 radical (unpaired) electrons. The summed E-state index contributed by atoms with van der Waals surface area (Å²) in [5, 5.41) is 19.0. The number of phosphoric acid groups is 1. The van der Waals surface area contributed by atoms with Gasteiger partial charge in [-0.25, -0.2) is 4.79 Å². The van der Waals surface area contributed by atoms with Gasteiger partial charge in [-0.15, -0.1) is 0 Å². The highest BCUT2D eigenvalue weighted by molar-refractivity contribution is 7.46. The summed E-state index contributed by atoms with van der Waals surface area (Å²) in [6, 6.07) is 0. The second-order valence-electron chi connectivity index (χ2n) is 11.8. The lowest BCUT2D eigenvalue weighted by Crippen LogP contribution is -2.50. The van der Waals surface area contributed by atoms with Crippen molar-refractivity contribution >= 4 is 13.8 Å². The number of carbonyl (C=O) groups excluding carboxylic acids is 1. The summed E-state index contributed by atoms with van der Waals surface area (Å²) >= 11 is 0. The molecule has 0 spiro atoms. The first-order valence-corrected chi connectivity index (χ1v) is 14.6. The number of aliphatic hydroxyl groups excluding tert-OH is 2. The average molecular weight is 510 g/mol. The molecule has 0 amide bonds. The fraction of sp³-hybridized carbons (Fsp3) is 0.808. The van der Waals surface area contributed by atoms with E-state index in [0.717, 1.165) is 25.7 Å². The molecule has 0 aromatic rings. The van der Waals surface area contributed by atoms with Crippen molar-refractivity contribution in [2.75, 3.05) is 6.61 Å². The number of carbonyl (C=O) groups is 1. The Bertz CT molecular complexity index is 990. The third kappa shape index (κ3) is 4.14. The smallest absolute Gasteiger partial charge is 0.374 e. The molecule has 35 heavy (non-hydrogen) atoms. The molecule has 9 heteroatoms. The van der Waals surface area contributed by atoms with Crippen LogP contribution in [-0.2, 0) is 23.1 Å². The van der Waals surface area contributed by atoms with Gasteiger partial charge in [0.15, 0.2) is 6.10 Å². The van der Waals surface area contributed by atoms with Gasteiger partial charge in [-0.1, -0.05) is 31.9 Å². The van der Waals surface area contributed by atoms with Gasteiger partial charge in [0.1, 0.15) is 6.10 Å². The molecular weight excluding hydrogens is 471 g/mol. The molecule has 8 nitrogen and oxygen atoms in total. The summed E-state index contributed by atoms with van der Waals surface area (Å²) in [6.45, 7) is 5.43. The van der Waals surface area contributed by atoms with Crippen molar-refractivity contribution in [1.29, 1.82) is 0 Å². The standard InChI is InChI=1S/C26H39O8P/c1-15-22(20(28)14-27)32-24(29)23(15)34-35(30,31)33-21-10-9-18-17-8-7-16-6-4-5-12-25(16,2)19(17)11-13-26(18,21)3/h7,17-22,27-28H,4-6,8-14H2,1-3H3,(H,30,31)/p-1/t17?,18?,19?,20?,21-,22?,25-,26-/m0/s1. The van der Waals surface area contributed by atoms with E-state index in [1.165, 1.54) is 32.6 Å². The fourth-order valence-corrected chi connectivity index (χ4v) is 9.38. The quantitative estimate of drug-likeness (QED) is 0.315. The van der Waals surface area contributed by atoms with Gasteiger partial charge >= 0.3 is 13.8 Å². The van der Waals surface area contributed by atoms with Crippen LogP contribution in [0.15, 0.2) is 23.0 Å². The molecule has 2 N–H and O–H groups in total. The van der Waals surface area contributed by atoms with Gasteiger partial charge in [-0.3, -0.25) is 4.57 Å². The Morgan fingerprint density at radius 2 is 2.00 bits per heavy atom. The van der Waals surface area contributed by atoms with E-state index in [9.17, 15) is 19.4 Å². The zero-order chi connectivity index (χ0) is 25.2. The van der Waals surface area contributed by atoms with Crippen molar-refractivity contribution in [1.82, 2.24) is 0 Å². The van der Waals surface area contributed by atoms with Crippen LogP contribution in [0, 0.1) is 28.6 Å². The number of hydrogen-bond acceptors (Lipinski definition) is 8. The summed E-state index contributed by atoms with van der Waals surface area (Å²) in [4.78, 5) is 25.1. The lowest BCUT2D eigenvalue weighted by molar-refractivity contribution is -0.231. The van der Waals surface area contributed by atoms with Crippen molar-refractivity contribution in [3.63, 3.8) is 0 Å². The molecule has 0 aromatic heterocycles. The van der Waals surface area contributed by atoms with Gasteiger partial charge in [-0.2, -0.15) is 0 Å². The normalized spacial score (nSPS) is 43.4. The van der Waals surface area contributed by atoms with Crippen LogP contribution in [-0.4, -0.2) is 41.1 Å². The highest BCUT2D eigenvalue weighted by Gasteiger charge is 2.59. The van der Waals surface area contributed by atoms with E-state index in [1.807, 2.05) is 0 Å². The summed E-state index contributed by atoms with van der Waals surface area (Å²) in [6.07, 6.45) is 9.17. The number of fused-ring (bicyclic) bond motifs is 5. The van der Waals surface area contributed by atoms with Gasteiger partial charge in [0.05, 0.1) is 12.7 Å². The number of rotatable bonds is 6. The van der Waals surface area contributed by atoms with Gasteiger partial charge in [0.25, 0.3) is 0 Å². The average Bonchev–Trinajstić information content (AvgIpc) is 3.28. The number of phosphoric ester groups is 1. The molecule has 0 aromatic carbocycles. The third-order valence-corrected chi connectivity index (χ3v) is 11.0. The van der Waals surface area contributed by atoms with E-state index >= 15 is 0 Å². The van der Waals surface area contributed by atoms with Crippen LogP contribution >= 0.6 is 7.82 Å². The lowest BCUT2D eigenvalue weighted by Gasteiger charge is -2.57. The fourth-order valence-electron chi connectivity index (χ4n) is 8.23. The Hall–Kier alpha value is -1.18. The SMILES string of the molecule is CC1=C(OP(=O)([O-])O[C@H]2CCC3C4CC=C5CCCC[C@]5(C)C4CC[C@@]32C)C(=O)OC1C(O)CO. The first kappa shape index (κ1) is 25.5. The number of cyclic esters (lactones) is 1. The second kappa shape index (κ2) is 8.98. The van der Waals surface area contributed by atoms with Crippen molar-refractivity contribution in [3.8, 4) is 0 Å². The van der Waals surface area contributed by atoms with Gasteiger partial charge in [0.2, 0.25) is 5.76 Å². The Morgan fingerprint density at radius 3 is 2.74 bits per heavy atom. The Morgan fingerprint density at radius 1 is 1.23 bits per heavy atom. The van der Waals surface area contributed by atoms with Crippen LogP contribution in [0.3, 0.4) is 0 Å². The number of hydrogen-bond donors (Lipinski definition) is 2. The maximum Gasteiger partial charge on any atom is 0.374 e. The molecule has 5 rings (SSSR count). The molecule has 196 valence electrons. The van der Waals surface area contributed by atoms with E-state index in [4.69, 9.17) is 18.9 Å². The number of allylic oxidation sites excluding steroid dienone is 2. The minimum Gasteiger partial charge on any atom is -0.746 e. The molecular formula is C26H38O8P-. The molecule has 9 atom stereocenters. The molecule has 5 aliphatic rings. The first-order chi connectivity index (χ1) is 16.5. The molecule has 3 fully saturated rings. The summed E-state index contributed by atoms with van der Waals surface area (Å²) in [5.41, 5.74) is 1.78. The maximum absolute atomic E-state index is 12.9. The molecule has 3 saturated carbocycles. The Kier molecular flexibility index (Phi) is 6.54. The van der Waals surface area contributed by atoms with E-state index in [0.29, 0.717) is 24.2 Å². The van der Waals surface area contributed by atoms with Crippen LogP contribution in [0.4, 0.5) is 0 Å². The third-order valence-electron chi connectivity index (χ3n) is 10.1. The monoisotopic (exact) mass is 509 g/mol. The van der Waals surface area contributed by atoms with E-state index in [2.05, 4.69) is 19.9 Å². The van der Waals surface area contributed by atoms with E-state index in [1.54, 1.807) is 5.57 Å². The van der Waals surface area contributed by atoms with Crippen LogP contribution < -0.4 is 4.89 Å². The van der Waals surface area contributed by atoms with Crippen molar-refractivity contribution in [3.05, 3.63) is 23.0 Å². The van der Waals surface area contributed by atoms with Crippen LogP contribution in [0.5, 0.6) is 0 Å². The Balaban J connectivity index is 1.31. The highest BCUT2D eigenvalue weighted by Crippen LogP contribution is 2.66. The molecule has 6 unspecified atom stereocenters. The summed E-state index contributed by atoms with van der Waals surface area (Å²) in [7, 11) is -4.88. The van der Waals surface area contributed by atoms with Crippen molar-refractivity contribution < 1.29 is 38.3 Å². The first-order valence-electron chi connectivity index (χ1n) is 13.1. The van der Waals surface area contributed by atoms with Crippen LogP contribution in [0.2, 0.25) is 0 Å². The summed E-state index contributed by atoms with van der Waals surface area (Å²) < 4.78 is 28.7. The van der Waals surface area contributed by atoms with Crippen molar-refractivity contribution in [2.45, 2.75) is 96.9 Å². The molecule has 0 saturated heterocycles. The zero-order valence-electron chi connectivity index (χ0n) is 20.9. The predicted octanol–water partition coefficient (Wildman–Crippen LogP) is 3.76. The van der Waals surface area contributed by atoms with Crippen LogP contribution in [0.25, 0.3) is 0 Å². The van der Waals surface area contributed by atoms with Gasteiger partial charge < -0.3 is 28.9 Å². The van der Waals surface area contributed by atoms with Crippen molar-refractivity contribution in [2.24, 2.45) is 28.6 Å². The molecule has 4 aliphatic carbocycles. The van der Waals surface area contributed by atoms with E-state index in [-0.39, 0.29) is 16.4 Å². The Labute approximate surface area is 207 Å². The topological polar surface area (TPSA) is 125 Å².